The van der Waals surface area contributed by atoms with Crippen LogP contribution in [-0.2, 0) is 6.42 Å². The minimum atomic E-state index is -2.71. The molecule has 3 rings (SSSR count). The van der Waals surface area contributed by atoms with E-state index >= 15 is 0 Å². The van der Waals surface area contributed by atoms with Crippen LogP contribution in [0.2, 0.25) is 0 Å². The van der Waals surface area contributed by atoms with Gasteiger partial charge in [-0.25, -0.2) is 0 Å². The molecule has 0 aromatic heterocycles. The molecule has 0 saturated carbocycles. The second kappa shape index (κ2) is 9.10. The van der Waals surface area contributed by atoms with Gasteiger partial charge in [0.1, 0.15) is 0 Å². The van der Waals surface area contributed by atoms with Gasteiger partial charge in [-0.15, -0.1) is 0 Å². The molecule has 2 atom stereocenters. The molecule has 0 heterocycles. The van der Waals surface area contributed by atoms with Crippen molar-refractivity contribution in [2.75, 3.05) is 6.16 Å². The Morgan fingerprint density at radius 2 is 1.20 bits per heavy atom. The minimum absolute atomic E-state index is 0.116. The van der Waals surface area contributed by atoms with Crippen molar-refractivity contribution in [2.24, 2.45) is 5.41 Å². The third-order valence-electron chi connectivity index (χ3n) is 6.86. The van der Waals surface area contributed by atoms with Gasteiger partial charge in [0.15, 0.2) is 0 Å². The van der Waals surface area contributed by atoms with Crippen molar-refractivity contribution in [3.63, 3.8) is 0 Å². The molecular weight excluding hydrogens is 498 g/mol. The molecule has 0 aliphatic carbocycles. The van der Waals surface area contributed by atoms with Crippen LogP contribution in [0.15, 0.2) is 91.0 Å². The third kappa shape index (κ3) is 4.11. The van der Waals surface area contributed by atoms with Crippen molar-refractivity contribution in [2.45, 2.75) is 45.9 Å². The first-order chi connectivity index (χ1) is 14.2. The summed E-state index contributed by atoms with van der Waals surface area (Å²) >= 11 is 2.79. The van der Waals surface area contributed by atoms with E-state index in [-0.39, 0.29) is 11.1 Å². The molecule has 30 heavy (non-hydrogen) atoms. The van der Waals surface area contributed by atoms with E-state index in [1.165, 1.54) is 16.2 Å². The molecule has 3 aromatic rings. The normalized spacial score (nSPS) is 15.7. The first-order valence-corrected chi connectivity index (χ1v) is 16.1. The summed E-state index contributed by atoms with van der Waals surface area (Å²) in [6.07, 6.45) is 1.43. The van der Waals surface area contributed by atoms with E-state index in [1.54, 1.807) is 0 Å². The Kier molecular flexibility index (Phi) is 7.11. The van der Waals surface area contributed by atoms with Crippen molar-refractivity contribution < 1.29 is 5.11 Å². The fourth-order valence-corrected chi connectivity index (χ4v) is 13.0. The van der Waals surface area contributed by atoms with Gasteiger partial charge in [-0.05, 0) is 0 Å². The molecule has 0 aliphatic heterocycles. The van der Waals surface area contributed by atoms with Crippen LogP contribution < -0.4 is 10.6 Å². The van der Waals surface area contributed by atoms with Crippen LogP contribution in [-0.4, -0.2) is 23.0 Å². The molecule has 0 fully saturated rings. The topological polar surface area (TPSA) is 20.2 Å². The Morgan fingerprint density at radius 1 is 0.800 bits per heavy atom. The van der Waals surface area contributed by atoms with Gasteiger partial charge in [-0.3, -0.25) is 0 Å². The summed E-state index contributed by atoms with van der Waals surface area (Å²) in [5.41, 5.74) is 1.15. The van der Waals surface area contributed by atoms with Crippen LogP contribution in [0.4, 0.5) is 0 Å². The van der Waals surface area contributed by atoms with E-state index in [9.17, 15) is 5.11 Å². The second-order valence-electron chi connectivity index (χ2n) is 9.08. The van der Waals surface area contributed by atoms with E-state index in [0.29, 0.717) is 0 Å². The standard InChI is InChI=1S/C27H34IOP/c1-5-30(28,24-17-11-7-12-18-24,25-19-13-8-14-20-25)22(2)26(29)27(3,4)21-23-15-9-6-10-16-23/h6-20,22,26,29H,5,21H2,1-4H3/t22-,26-/m1/s1. The molecule has 160 valence electrons. The summed E-state index contributed by atoms with van der Waals surface area (Å²) in [7, 11) is 0. The van der Waals surface area contributed by atoms with Crippen molar-refractivity contribution in [3.05, 3.63) is 96.6 Å². The van der Waals surface area contributed by atoms with E-state index in [2.05, 4.69) is 141 Å². The number of aliphatic hydroxyl groups is 1. The van der Waals surface area contributed by atoms with Crippen LogP contribution in [0.5, 0.6) is 0 Å². The van der Waals surface area contributed by atoms with Crippen LogP contribution in [0.3, 0.4) is 0 Å². The van der Waals surface area contributed by atoms with Gasteiger partial charge in [0.25, 0.3) is 0 Å². The molecular formula is C27H34IOP. The number of benzene rings is 3. The number of aliphatic hydroxyl groups excluding tert-OH is 1. The number of rotatable bonds is 8. The molecule has 0 saturated heterocycles. The zero-order valence-electron chi connectivity index (χ0n) is 18.5. The Labute approximate surface area is 195 Å². The molecule has 0 amide bonds. The zero-order valence-corrected chi connectivity index (χ0v) is 21.6. The number of halogens is 1. The zero-order chi connectivity index (χ0) is 21.9. The van der Waals surface area contributed by atoms with Gasteiger partial charge in [-0.2, -0.15) is 0 Å². The number of hydrogen-bond acceptors (Lipinski definition) is 1. The van der Waals surface area contributed by atoms with Crippen molar-refractivity contribution in [1.82, 2.24) is 0 Å². The monoisotopic (exact) mass is 532 g/mol. The predicted octanol–water partition coefficient (Wildman–Crippen LogP) is 6.58. The fourth-order valence-electron chi connectivity index (χ4n) is 4.95. The number of hydrogen-bond donors (Lipinski definition) is 1. The predicted molar refractivity (Wildman–Crippen MR) is 143 cm³/mol. The van der Waals surface area contributed by atoms with Crippen molar-refractivity contribution in [3.8, 4) is 0 Å². The molecule has 1 N–H and O–H groups in total. The maximum atomic E-state index is 11.9. The summed E-state index contributed by atoms with van der Waals surface area (Å²) in [4.78, 5) is 0. The summed E-state index contributed by atoms with van der Waals surface area (Å²) in [5.74, 6) is 0. The third-order valence-corrected chi connectivity index (χ3v) is 20.9. The van der Waals surface area contributed by atoms with E-state index in [4.69, 9.17) is 0 Å². The van der Waals surface area contributed by atoms with Crippen LogP contribution >= 0.6 is 26.3 Å². The average molecular weight is 532 g/mol. The van der Waals surface area contributed by atoms with Gasteiger partial charge >= 0.3 is 196 Å². The van der Waals surface area contributed by atoms with Gasteiger partial charge < -0.3 is 0 Å². The Morgan fingerprint density at radius 3 is 1.60 bits per heavy atom. The second-order valence-corrected chi connectivity index (χ2v) is 20.7. The van der Waals surface area contributed by atoms with Gasteiger partial charge in [-0.1, -0.05) is 0 Å². The first-order valence-electron chi connectivity index (χ1n) is 10.8. The Balaban J connectivity index is 2.12. The van der Waals surface area contributed by atoms with Crippen LogP contribution in [0.25, 0.3) is 0 Å². The van der Waals surface area contributed by atoms with Gasteiger partial charge in [0.2, 0.25) is 0 Å². The fraction of sp³-hybridized carbons (Fsp3) is 0.333. The summed E-state index contributed by atoms with van der Waals surface area (Å²) in [6.45, 7) is 9.01. The van der Waals surface area contributed by atoms with Crippen LogP contribution in [0, 0.1) is 5.41 Å². The van der Waals surface area contributed by atoms with Crippen molar-refractivity contribution >= 4 is 36.9 Å². The molecule has 0 spiro atoms. The SMILES string of the molecule is CCP(I)(c1ccccc1)(c1ccccc1)[C@H](C)[C@@H](O)C(C)(C)Cc1ccccc1. The molecule has 0 unspecified atom stereocenters. The molecule has 3 heteroatoms. The first kappa shape index (κ1) is 23.4. The van der Waals surface area contributed by atoms with E-state index in [1.807, 2.05) is 0 Å². The van der Waals surface area contributed by atoms with E-state index < -0.39 is 10.3 Å². The van der Waals surface area contributed by atoms with Crippen molar-refractivity contribution in [1.29, 1.82) is 0 Å². The van der Waals surface area contributed by atoms with Gasteiger partial charge in [0, 0.05) is 0 Å². The summed E-state index contributed by atoms with van der Waals surface area (Å²) in [6, 6.07) is 32.4. The maximum absolute atomic E-state index is 11.9. The van der Waals surface area contributed by atoms with E-state index in [0.717, 1.165) is 12.6 Å². The quantitative estimate of drug-likeness (QED) is 0.257. The summed E-state index contributed by atoms with van der Waals surface area (Å²) < 4.78 is -2.71. The van der Waals surface area contributed by atoms with Crippen LogP contribution in [0.1, 0.15) is 33.3 Å². The molecule has 0 aliphatic rings. The molecule has 3 aromatic carbocycles. The molecule has 1 nitrogen and oxygen atoms in total. The Bertz CT molecular complexity index is 901. The molecule has 0 radical (unpaired) electrons. The summed E-state index contributed by atoms with van der Waals surface area (Å²) in [5, 5.41) is 14.6. The molecule has 0 bridgehead atoms. The van der Waals surface area contributed by atoms with Gasteiger partial charge in [0.05, 0.1) is 0 Å². The Hall–Kier alpha value is -1.22. The average Bonchev–Trinajstić information content (AvgIpc) is 2.79.